The lowest BCUT2D eigenvalue weighted by Crippen LogP contribution is -2.25. The van der Waals surface area contributed by atoms with Crippen molar-refractivity contribution in [2.45, 2.75) is 33.1 Å². The van der Waals surface area contributed by atoms with Gasteiger partial charge in [0.05, 0.1) is 6.54 Å². The van der Waals surface area contributed by atoms with E-state index < -0.39 is 0 Å². The fraction of sp³-hybridized carbons (Fsp3) is 0.348. The number of nitrogens with one attached hydrogen (secondary N) is 4. The van der Waals surface area contributed by atoms with E-state index in [0.717, 1.165) is 36.2 Å². The van der Waals surface area contributed by atoms with Crippen LogP contribution in [0.15, 0.2) is 42.5 Å². The van der Waals surface area contributed by atoms with Crippen molar-refractivity contribution < 1.29 is 14.4 Å². The quantitative estimate of drug-likeness (QED) is 0.510. The Morgan fingerprint density at radius 2 is 1.73 bits per heavy atom. The van der Waals surface area contributed by atoms with Crippen LogP contribution in [0.2, 0.25) is 0 Å². The molecule has 0 unspecified atom stereocenters. The molecule has 0 saturated heterocycles. The molecule has 1 saturated carbocycles. The molecule has 0 radical (unpaired) electrons. The monoisotopic (exact) mass is 408 g/mol. The number of anilines is 3. The highest BCUT2D eigenvalue weighted by Crippen LogP contribution is 2.31. The minimum Gasteiger partial charge on any atom is -0.376 e. The predicted molar refractivity (Wildman–Crippen MR) is 119 cm³/mol. The molecular weight excluding hydrogens is 380 g/mol. The summed E-state index contributed by atoms with van der Waals surface area (Å²) in [5.41, 5.74) is 3.49. The Morgan fingerprint density at radius 3 is 2.47 bits per heavy atom. The van der Waals surface area contributed by atoms with Gasteiger partial charge in [-0.2, -0.15) is 0 Å². The molecule has 0 atom stereocenters. The zero-order valence-corrected chi connectivity index (χ0v) is 17.4. The van der Waals surface area contributed by atoms with Gasteiger partial charge in [-0.3, -0.25) is 14.4 Å². The summed E-state index contributed by atoms with van der Waals surface area (Å²) in [4.78, 5) is 36.5. The van der Waals surface area contributed by atoms with Crippen LogP contribution in [-0.2, 0) is 9.59 Å². The van der Waals surface area contributed by atoms with Gasteiger partial charge in [-0.15, -0.1) is 0 Å². The van der Waals surface area contributed by atoms with E-state index in [2.05, 4.69) is 21.3 Å². The van der Waals surface area contributed by atoms with E-state index in [1.54, 1.807) is 24.3 Å². The number of benzene rings is 2. The molecule has 158 valence electrons. The second-order valence-electron chi connectivity index (χ2n) is 7.48. The molecule has 3 amide bonds. The van der Waals surface area contributed by atoms with E-state index in [-0.39, 0.29) is 30.2 Å². The van der Waals surface area contributed by atoms with E-state index in [0.29, 0.717) is 17.8 Å². The van der Waals surface area contributed by atoms with Gasteiger partial charge in [-0.05, 0) is 62.1 Å². The second kappa shape index (κ2) is 9.91. The number of hydrogen-bond acceptors (Lipinski definition) is 4. The van der Waals surface area contributed by atoms with Gasteiger partial charge in [-0.1, -0.05) is 19.1 Å². The van der Waals surface area contributed by atoms with Gasteiger partial charge < -0.3 is 21.3 Å². The summed E-state index contributed by atoms with van der Waals surface area (Å²) >= 11 is 0. The molecule has 3 rings (SSSR count). The van der Waals surface area contributed by atoms with Crippen LogP contribution in [0.1, 0.15) is 42.1 Å². The van der Waals surface area contributed by atoms with Crippen LogP contribution < -0.4 is 21.3 Å². The minimum absolute atomic E-state index is 0.0517. The zero-order valence-electron chi connectivity index (χ0n) is 17.4. The van der Waals surface area contributed by atoms with Gasteiger partial charge in [0.25, 0.3) is 5.91 Å². The van der Waals surface area contributed by atoms with Gasteiger partial charge >= 0.3 is 0 Å². The fourth-order valence-corrected chi connectivity index (χ4v) is 3.00. The van der Waals surface area contributed by atoms with Crippen LogP contribution in [-0.4, -0.2) is 30.8 Å². The van der Waals surface area contributed by atoms with E-state index in [4.69, 9.17) is 0 Å². The average molecular weight is 409 g/mol. The van der Waals surface area contributed by atoms with Gasteiger partial charge in [0, 0.05) is 35.1 Å². The minimum atomic E-state index is -0.229. The molecule has 2 aromatic carbocycles. The highest BCUT2D eigenvalue weighted by molar-refractivity contribution is 5.98. The first-order chi connectivity index (χ1) is 14.5. The van der Waals surface area contributed by atoms with Crippen LogP contribution in [0.3, 0.4) is 0 Å². The molecule has 7 nitrogen and oxygen atoms in total. The predicted octanol–water partition coefficient (Wildman–Crippen LogP) is 3.53. The summed E-state index contributed by atoms with van der Waals surface area (Å²) in [6.07, 6.45) is 2.76. The molecule has 7 heteroatoms. The number of amides is 3. The van der Waals surface area contributed by atoms with Crippen molar-refractivity contribution in [3.63, 3.8) is 0 Å². The van der Waals surface area contributed by atoms with Crippen LogP contribution in [0, 0.1) is 12.8 Å². The van der Waals surface area contributed by atoms with Gasteiger partial charge in [0.15, 0.2) is 0 Å². The standard InChI is InChI=1S/C23H28N4O3/c1-3-12-24-22(29)17-6-4-7-18(13-17)26-21(28)14-25-19-8-5-9-20(15(19)2)27-23(30)16-10-11-16/h4-9,13,16,25H,3,10-12,14H2,1-2H3,(H,24,29)(H,26,28)(H,27,30). The zero-order chi connectivity index (χ0) is 21.5. The molecular formula is C23H28N4O3. The Hall–Kier alpha value is -3.35. The van der Waals surface area contributed by atoms with Crippen molar-refractivity contribution >= 4 is 34.8 Å². The third-order valence-corrected chi connectivity index (χ3v) is 4.92. The SMILES string of the molecule is CCCNC(=O)c1cccc(NC(=O)CNc2cccc(NC(=O)C3CC3)c2C)c1. The van der Waals surface area contributed by atoms with Crippen molar-refractivity contribution in [2.75, 3.05) is 29.0 Å². The summed E-state index contributed by atoms with van der Waals surface area (Å²) in [5.74, 6) is -0.206. The Labute approximate surface area is 176 Å². The molecule has 2 aromatic rings. The number of rotatable bonds is 9. The topological polar surface area (TPSA) is 99.3 Å². The lowest BCUT2D eigenvalue weighted by molar-refractivity contribution is -0.117. The molecule has 0 aromatic heterocycles. The Morgan fingerprint density at radius 1 is 1.00 bits per heavy atom. The van der Waals surface area contributed by atoms with Crippen molar-refractivity contribution in [2.24, 2.45) is 5.92 Å². The lowest BCUT2D eigenvalue weighted by atomic mass is 10.1. The average Bonchev–Trinajstić information content (AvgIpc) is 3.58. The Bertz CT molecular complexity index is 938. The third kappa shape index (κ3) is 5.83. The van der Waals surface area contributed by atoms with E-state index in [9.17, 15) is 14.4 Å². The summed E-state index contributed by atoms with van der Waals surface area (Å²) in [7, 11) is 0. The molecule has 0 aliphatic heterocycles. The Kier molecular flexibility index (Phi) is 7.06. The van der Waals surface area contributed by atoms with Crippen LogP contribution in [0.25, 0.3) is 0 Å². The summed E-state index contributed by atoms with van der Waals surface area (Å²) in [6.45, 7) is 4.56. The molecule has 1 aliphatic carbocycles. The first-order valence-electron chi connectivity index (χ1n) is 10.3. The first kappa shape index (κ1) is 21.4. The smallest absolute Gasteiger partial charge is 0.251 e. The molecule has 0 heterocycles. The van der Waals surface area contributed by atoms with Crippen molar-refractivity contribution in [3.05, 3.63) is 53.6 Å². The first-order valence-corrected chi connectivity index (χ1v) is 10.3. The van der Waals surface area contributed by atoms with Crippen LogP contribution >= 0.6 is 0 Å². The van der Waals surface area contributed by atoms with Gasteiger partial charge in [0.2, 0.25) is 11.8 Å². The molecule has 4 N–H and O–H groups in total. The normalized spacial score (nSPS) is 12.7. The second-order valence-corrected chi connectivity index (χ2v) is 7.48. The van der Waals surface area contributed by atoms with Gasteiger partial charge in [0.1, 0.15) is 0 Å². The van der Waals surface area contributed by atoms with Crippen molar-refractivity contribution in [1.29, 1.82) is 0 Å². The summed E-state index contributed by atoms with van der Waals surface area (Å²) in [6, 6.07) is 12.4. The van der Waals surface area contributed by atoms with Crippen LogP contribution in [0.4, 0.5) is 17.1 Å². The van der Waals surface area contributed by atoms with Gasteiger partial charge in [-0.25, -0.2) is 0 Å². The van der Waals surface area contributed by atoms with E-state index in [1.807, 2.05) is 32.0 Å². The fourth-order valence-electron chi connectivity index (χ4n) is 3.00. The summed E-state index contributed by atoms with van der Waals surface area (Å²) in [5, 5.41) is 11.7. The van der Waals surface area contributed by atoms with E-state index >= 15 is 0 Å². The largest absolute Gasteiger partial charge is 0.376 e. The van der Waals surface area contributed by atoms with Crippen molar-refractivity contribution in [1.82, 2.24) is 5.32 Å². The van der Waals surface area contributed by atoms with Crippen molar-refractivity contribution in [3.8, 4) is 0 Å². The third-order valence-electron chi connectivity index (χ3n) is 4.92. The van der Waals surface area contributed by atoms with Crippen LogP contribution in [0.5, 0.6) is 0 Å². The maximum absolute atomic E-state index is 12.4. The molecule has 0 spiro atoms. The highest BCUT2D eigenvalue weighted by Gasteiger charge is 2.29. The maximum atomic E-state index is 12.4. The molecule has 0 bridgehead atoms. The number of carbonyl (C=O) groups excluding carboxylic acids is 3. The number of hydrogen-bond donors (Lipinski definition) is 4. The Balaban J connectivity index is 1.56. The maximum Gasteiger partial charge on any atom is 0.251 e. The molecule has 1 fully saturated rings. The summed E-state index contributed by atoms with van der Waals surface area (Å²) < 4.78 is 0. The number of carbonyl (C=O) groups is 3. The molecule has 1 aliphatic rings. The lowest BCUT2D eigenvalue weighted by Gasteiger charge is -2.14. The molecule has 30 heavy (non-hydrogen) atoms. The highest BCUT2D eigenvalue weighted by atomic mass is 16.2. The van der Waals surface area contributed by atoms with E-state index in [1.165, 1.54) is 0 Å².